The van der Waals surface area contributed by atoms with E-state index in [0.29, 0.717) is 11.3 Å². The first-order chi connectivity index (χ1) is 10.4. The van der Waals surface area contributed by atoms with Gasteiger partial charge in [0.25, 0.3) is 17.4 Å². The Kier molecular flexibility index (Phi) is 4.41. The van der Waals surface area contributed by atoms with Crippen molar-refractivity contribution in [1.29, 1.82) is 0 Å². The van der Waals surface area contributed by atoms with Gasteiger partial charge in [-0.25, -0.2) is 0 Å². The summed E-state index contributed by atoms with van der Waals surface area (Å²) in [5.41, 5.74) is 1.82. The number of anilines is 1. The number of benzene rings is 1. The standard InChI is InChI=1S/C16H17N3O3/c1-10-4-5-11(15(21)17-2)8-13(10)18-16(22)12-6-7-19(3)14(20)9-12/h4-9H,1-3H3,(H,17,21)(H,18,22). The van der Waals surface area contributed by atoms with Gasteiger partial charge >= 0.3 is 0 Å². The normalized spacial score (nSPS) is 10.1. The van der Waals surface area contributed by atoms with Gasteiger partial charge in [-0.15, -0.1) is 0 Å². The summed E-state index contributed by atoms with van der Waals surface area (Å²) in [6, 6.07) is 7.88. The van der Waals surface area contributed by atoms with E-state index in [2.05, 4.69) is 10.6 Å². The Morgan fingerprint density at radius 3 is 2.36 bits per heavy atom. The average molecular weight is 299 g/mol. The number of aromatic nitrogens is 1. The fraction of sp³-hybridized carbons (Fsp3) is 0.188. The number of rotatable bonds is 3. The quantitative estimate of drug-likeness (QED) is 0.896. The zero-order valence-corrected chi connectivity index (χ0v) is 12.6. The predicted molar refractivity (Wildman–Crippen MR) is 84.2 cm³/mol. The molecule has 0 unspecified atom stereocenters. The summed E-state index contributed by atoms with van der Waals surface area (Å²) >= 11 is 0. The lowest BCUT2D eigenvalue weighted by Crippen LogP contribution is -2.21. The molecule has 2 amide bonds. The lowest BCUT2D eigenvalue weighted by molar-refractivity contribution is 0.0961. The van der Waals surface area contributed by atoms with Crippen molar-refractivity contribution in [3.63, 3.8) is 0 Å². The van der Waals surface area contributed by atoms with Crippen molar-refractivity contribution in [3.8, 4) is 0 Å². The third-order valence-electron chi connectivity index (χ3n) is 3.34. The van der Waals surface area contributed by atoms with Crippen LogP contribution in [0.15, 0.2) is 41.3 Å². The maximum Gasteiger partial charge on any atom is 0.255 e. The first-order valence-corrected chi connectivity index (χ1v) is 6.73. The minimum absolute atomic E-state index is 0.232. The van der Waals surface area contributed by atoms with Crippen LogP contribution in [0, 0.1) is 6.92 Å². The van der Waals surface area contributed by atoms with Gasteiger partial charge in [-0.2, -0.15) is 0 Å². The fourth-order valence-corrected chi connectivity index (χ4v) is 1.93. The average Bonchev–Trinajstić information content (AvgIpc) is 2.51. The second-order valence-corrected chi connectivity index (χ2v) is 4.93. The number of nitrogens with zero attached hydrogens (tertiary/aromatic N) is 1. The van der Waals surface area contributed by atoms with Gasteiger partial charge in [0.05, 0.1) is 0 Å². The molecule has 0 aliphatic rings. The van der Waals surface area contributed by atoms with Crippen LogP contribution in [-0.4, -0.2) is 23.4 Å². The number of carbonyl (C=O) groups is 2. The number of hydrogen-bond donors (Lipinski definition) is 2. The molecule has 1 heterocycles. The van der Waals surface area contributed by atoms with Gasteiger partial charge in [-0.3, -0.25) is 14.4 Å². The van der Waals surface area contributed by atoms with Crippen molar-refractivity contribution in [3.05, 3.63) is 63.6 Å². The van der Waals surface area contributed by atoms with Crippen molar-refractivity contribution < 1.29 is 9.59 Å². The van der Waals surface area contributed by atoms with Crippen LogP contribution in [0.4, 0.5) is 5.69 Å². The largest absolute Gasteiger partial charge is 0.355 e. The van der Waals surface area contributed by atoms with E-state index in [0.717, 1.165) is 5.56 Å². The lowest BCUT2D eigenvalue weighted by atomic mass is 10.1. The van der Waals surface area contributed by atoms with Crippen LogP contribution >= 0.6 is 0 Å². The molecule has 0 spiro atoms. The third-order valence-corrected chi connectivity index (χ3v) is 3.34. The van der Waals surface area contributed by atoms with Crippen molar-refractivity contribution in [2.24, 2.45) is 7.05 Å². The summed E-state index contributed by atoms with van der Waals surface area (Å²) < 4.78 is 1.38. The fourth-order valence-electron chi connectivity index (χ4n) is 1.93. The monoisotopic (exact) mass is 299 g/mol. The van der Waals surface area contributed by atoms with E-state index in [-0.39, 0.29) is 17.0 Å². The van der Waals surface area contributed by atoms with Gasteiger partial charge in [0.1, 0.15) is 0 Å². The van der Waals surface area contributed by atoms with E-state index in [1.807, 2.05) is 6.92 Å². The molecule has 1 aromatic heterocycles. The molecular formula is C16H17N3O3. The van der Waals surface area contributed by atoms with Crippen molar-refractivity contribution in [2.75, 3.05) is 12.4 Å². The van der Waals surface area contributed by atoms with E-state index in [4.69, 9.17) is 0 Å². The predicted octanol–water partition coefficient (Wildman–Crippen LogP) is 1.31. The van der Waals surface area contributed by atoms with Crippen LogP contribution in [0.2, 0.25) is 0 Å². The zero-order chi connectivity index (χ0) is 16.3. The minimum atomic E-state index is -0.394. The van der Waals surface area contributed by atoms with E-state index in [1.165, 1.54) is 16.8 Å². The maximum atomic E-state index is 12.2. The molecule has 22 heavy (non-hydrogen) atoms. The van der Waals surface area contributed by atoms with Crippen molar-refractivity contribution >= 4 is 17.5 Å². The second-order valence-electron chi connectivity index (χ2n) is 4.93. The Bertz CT molecular complexity index is 793. The summed E-state index contributed by atoms with van der Waals surface area (Å²) in [6.07, 6.45) is 1.53. The molecule has 2 aromatic rings. The molecule has 2 rings (SSSR count). The molecule has 2 N–H and O–H groups in total. The lowest BCUT2D eigenvalue weighted by Gasteiger charge is -2.10. The first-order valence-electron chi connectivity index (χ1n) is 6.73. The third kappa shape index (κ3) is 3.22. The topological polar surface area (TPSA) is 80.2 Å². The van der Waals surface area contributed by atoms with Gasteiger partial charge in [-0.05, 0) is 30.7 Å². The molecule has 0 saturated carbocycles. The molecule has 0 radical (unpaired) electrons. The zero-order valence-electron chi connectivity index (χ0n) is 12.6. The van der Waals surface area contributed by atoms with Crippen LogP contribution in [0.5, 0.6) is 0 Å². The van der Waals surface area contributed by atoms with Crippen LogP contribution in [0.1, 0.15) is 26.3 Å². The van der Waals surface area contributed by atoms with E-state index in [9.17, 15) is 14.4 Å². The van der Waals surface area contributed by atoms with Crippen molar-refractivity contribution in [1.82, 2.24) is 9.88 Å². The highest BCUT2D eigenvalue weighted by Crippen LogP contribution is 2.17. The molecule has 0 aliphatic carbocycles. The van der Waals surface area contributed by atoms with Crippen LogP contribution in [-0.2, 0) is 7.05 Å². The molecule has 0 aliphatic heterocycles. The molecule has 6 heteroatoms. The molecular weight excluding hydrogens is 282 g/mol. The molecule has 1 aromatic carbocycles. The van der Waals surface area contributed by atoms with Gasteiger partial charge < -0.3 is 15.2 Å². The molecule has 0 bridgehead atoms. The Morgan fingerprint density at radius 1 is 1.05 bits per heavy atom. The number of aryl methyl sites for hydroxylation is 2. The summed E-state index contributed by atoms with van der Waals surface area (Å²) in [7, 11) is 3.15. The number of pyridine rings is 1. The van der Waals surface area contributed by atoms with Gasteiger partial charge in [0.2, 0.25) is 0 Å². The van der Waals surface area contributed by atoms with Gasteiger partial charge in [0.15, 0.2) is 0 Å². The highest BCUT2D eigenvalue weighted by molar-refractivity contribution is 6.05. The Balaban J connectivity index is 2.29. The Morgan fingerprint density at radius 2 is 1.73 bits per heavy atom. The minimum Gasteiger partial charge on any atom is -0.355 e. The highest BCUT2D eigenvalue weighted by Gasteiger charge is 2.11. The summed E-state index contributed by atoms with van der Waals surface area (Å²) in [4.78, 5) is 35.4. The molecule has 114 valence electrons. The van der Waals surface area contributed by atoms with Crippen LogP contribution in [0.25, 0.3) is 0 Å². The second kappa shape index (κ2) is 6.26. The Hall–Kier alpha value is -2.89. The molecule has 0 atom stereocenters. The molecule has 0 saturated heterocycles. The van der Waals surface area contributed by atoms with E-state index >= 15 is 0 Å². The van der Waals surface area contributed by atoms with E-state index in [1.54, 1.807) is 38.4 Å². The summed E-state index contributed by atoms with van der Waals surface area (Å²) in [5, 5.41) is 5.26. The maximum absolute atomic E-state index is 12.2. The van der Waals surface area contributed by atoms with Crippen LogP contribution in [0.3, 0.4) is 0 Å². The first kappa shape index (κ1) is 15.5. The van der Waals surface area contributed by atoms with Crippen LogP contribution < -0.4 is 16.2 Å². The summed E-state index contributed by atoms with van der Waals surface area (Å²) in [6.45, 7) is 1.83. The number of carbonyl (C=O) groups excluding carboxylic acids is 2. The SMILES string of the molecule is CNC(=O)c1ccc(C)c(NC(=O)c2ccn(C)c(=O)c2)c1. The van der Waals surface area contributed by atoms with Gasteiger partial charge in [0, 0.05) is 43.2 Å². The number of nitrogens with one attached hydrogen (secondary N) is 2. The number of amides is 2. The smallest absolute Gasteiger partial charge is 0.255 e. The summed E-state index contributed by atoms with van der Waals surface area (Å²) in [5.74, 6) is -0.626. The highest BCUT2D eigenvalue weighted by atomic mass is 16.2. The van der Waals surface area contributed by atoms with Crippen molar-refractivity contribution in [2.45, 2.75) is 6.92 Å². The molecule has 0 fully saturated rings. The Labute approximate surface area is 127 Å². The van der Waals surface area contributed by atoms with E-state index < -0.39 is 5.91 Å². The van der Waals surface area contributed by atoms with Gasteiger partial charge in [-0.1, -0.05) is 6.07 Å². The number of hydrogen-bond acceptors (Lipinski definition) is 3. The molecule has 6 nitrogen and oxygen atoms in total.